The van der Waals surface area contributed by atoms with Crippen molar-refractivity contribution < 1.29 is 14.0 Å². The van der Waals surface area contributed by atoms with Crippen LogP contribution in [0, 0.1) is 5.92 Å². The molecule has 3 nitrogen and oxygen atoms in total. The van der Waals surface area contributed by atoms with E-state index in [1.807, 2.05) is 30.3 Å². The lowest BCUT2D eigenvalue weighted by Gasteiger charge is -2.27. The van der Waals surface area contributed by atoms with E-state index in [9.17, 15) is 0 Å². The van der Waals surface area contributed by atoms with Crippen molar-refractivity contribution in [3.8, 4) is 5.75 Å². The fourth-order valence-corrected chi connectivity index (χ4v) is 2.33. The maximum absolute atomic E-state index is 6.69. The summed E-state index contributed by atoms with van der Waals surface area (Å²) in [7, 11) is 0. The van der Waals surface area contributed by atoms with Gasteiger partial charge in [0.05, 0.1) is 5.60 Å². The molecule has 0 fully saturated rings. The highest BCUT2D eigenvalue weighted by atomic mass is 32.1. The summed E-state index contributed by atoms with van der Waals surface area (Å²) in [6.45, 7) is 10.0. The number of thiol groups is 1. The molecule has 0 saturated carbocycles. The van der Waals surface area contributed by atoms with E-state index >= 15 is 0 Å². The summed E-state index contributed by atoms with van der Waals surface area (Å²) in [6, 6.07) is 18.4. The Morgan fingerprint density at radius 3 is 2.32 bits per heavy atom. The van der Waals surface area contributed by atoms with Gasteiger partial charge >= 0.3 is 0 Å². The second-order valence-electron chi connectivity index (χ2n) is 6.84. The summed E-state index contributed by atoms with van der Waals surface area (Å²) >= 11 is 2.53. The van der Waals surface area contributed by atoms with Gasteiger partial charge in [0.25, 0.3) is 0 Å². The maximum atomic E-state index is 6.69. The number of hydrogen-bond donors (Lipinski definition) is 2. The van der Waals surface area contributed by atoms with Gasteiger partial charge in [-0.2, -0.15) is 0 Å². The molecule has 0 atom stereocenters. The molecule has 0 aliphatic carbocycles. The zero-order valence-electron chi connectivity index (χ0n) is 15.6. The summed E-state index contributed by atoms with van der Waals surface area (Å²) < 4.78 is 18.7. The van der Waals surface area contributed by atoms with Gasteiger partial charge in [0, 0.05) is 6.61 Å². The first-order chi connectivity index (χ1) is 12.0. The second kappa shape index (κ2) is 11.2. The zero-order valence-corrected chi connectivity index (χ0v) is 16.5. The third-order valence-corrected chi connectivity index (χ3v) is 3.94. The van der Waals surface area contributed by atoms with Crippen LogP contribution >= 0.6 is 12.9 Å². The van der Waals surface area contributed by atoms with E-state index in [1.54, 1.807) is 0 Å². The lowest BCUT2D eigenvalue weighted by molar-refractivity contribution is -0.0263. The maximum Gasteiger partial charge on any atom is 0.120 e. The van der Waals surface area contributed by atoms with Gasteiger partial charge in [-0.05, 0) is 62.4 Å². The van der Waals surface area contributed by atoms with Gasteiger partial charge in [0.1, 0.15) is 12.4 Å². The molecule has 25 heavy (non-hydrogen) atoms. The van der Waals surface area contributed by atoms with Crippen LogP contribution in [-0.4, -0.2) is 11.2 Å². The van der Waals surface area contributed by atoms with Crippen LogP contribution in [0.5, 0.6) is 5.75 Å². The van der Waals surface area contributed by atoms with Crippen LogP contribution in [0.2, 0.25) is 0 Å². The van der Waals surface area contributed by atoms with E-state index < -0.39 is 0 Å². The summed E-state index contributed by atoms with van der Waals surface area (Å²) in [5, 5.41) is 0. The minimum atomic E-state index is -0.305. The normalized spacial score (nSPS) is 11.0. The Morgan fingerprint density at radius 1 is 1.00 bits per heavy atom. The number of rotatable bonds is 8. The van der Waals surface area contributed by atoms with Gasteiger partial charge in [-0.3, -0.25) is 0 Å². The fourth-order valence-electron chi connectivity index (χ4n) is 2.33. The molecule has 0 unspecified atom stereocenters. The summed E-state index contributed by atoms with van der Waals surface area (Å²) in [4.78, 5) is 0. The van der Waals surface area contributed by atoms with Crippen molar-refractivity contribution in [3.63, 3.8) is 0 Å². The molecule has 4 heteroatoms. The molecule has 0 bridgehead atoms. The predicted octanol–water partition coefficient (Wildman–Crippen LogP) is 5.95. The standard InChI is InChI=1S/C21H28O2.H2OS/c1-17(2)13-14-23-21(3,4)19-11-8-12-20(15-19)22-16-18-9-6-5-7-10-18;1-2/h5-12,15,17H,13-14,16H2,1-4H3;1-2H. The molecule has 2 rings (SSSR count). The highest BCUT2D eigenvalue weighted by Gasteiger charge is 2.21. The monoisotopic (exact) mass is 362 g/mol. The lowest BCUT2D eigenvalue weighted by Crippen LogP contribution is -2.22. The molecule has 0 aliphatic heterocycles. The largest absolute Gasteiger partial charge is 0.489 e. The third-order valence-electron chi connectivity index (χ3n) is 3.94. The second-order valence-corrected chi connectivity index (χ2v) is 6.84. The molecule has 0 radical (unpaired) electrons. The molecule has 2 aromatic carbocycles. The summed E-state index contributed by atoms with van der Waals surface area (Å²) in [5.41, 5.74) is 2.01. The van der Waals surface area contributed by atoms with Crippen molar-refractivity contribution in [3.05, 3.63) is 65.7 Å². The molecule has 0 amide bonds. The minimum Gasteiger partial charge on any atom is -0.489 e. The van der Waals surface area contributed by atoms with Crippen LogP contribution in [0.25, 0.3) is 0 Å². The molecule has 2 aromatic rings. The number of hydrogen-bond acceptors (Lipinski definition) is 4. The smallest absolute Gasteiger partial charge is 0.120 e. The van der Waals surface area contributed by atoms with Crippen molar-refractivity contribution >= 4 is 12.9 Å². The number of ether oxygens (including phenoxy) is 2. The van der Waals surface area contributed by atoms with Crippen molar-refractivity contribution in [2.45, 2.75) is 46.3 Å². The zero-order chi connectivity index (χ0) is 18.7. The van der Waals surface area contributed by atoms with Crippen LogP contribution in [0.1, 0.15) is 45.2 Å². The molecular weight excluding hydrogens is 332 g/mol. The fraction of sp³-hybridized carbons (Fsp3) is 0.429. The van der Waals surface area contributed by atoms with Gasteiger partial charge in [0.2, 0.25) is 0 Å². The van der Waals surface area contributed by atoms with Crippen LogP contribution in [0.4, 0.5) is 0 Å². The van der Waals surface area contributed by atoms with Crippen LogP contribution < -0.4 is 4.74 Å². The van der Waals surface area contributed by atoms with E-state index in [4.69, 9.17) is 14.0 Å². The van der Waals surface area contributed by atoms with Crippen LogP contribution in [-0.2, 0) is 16.9 Å². The highest BCUT2D eigenvalue weighted by Crippen LogP contribution is 2.28. The minimum absolute atomic E-state index is 0.305. The Bertz CT molecular complexity index is 597. The first kappa shape index (κ1) is 21.6. The van der Waals surface area contributed by atoms with Crippen molar-refractivity contribution in [2.75, 3.05) is 6.61 Å². The molecule has 0 aliphatic rings. The predicted molar refractivity (Wildman–Crippen MR) is 107 cm³/mol. The van der Waals surface area contributed by atoms with Crippen molar-refractivity contribution in [2.24, 2.45) is 5.92 Å². The SMILES string of the molecule is CC(C)CCOC(C)(C)c1cccc(OCc2ccccc2)c1.OS. The first-order valence-electron chi connectivity index (χ1n) is 8.58. The van der Waals surface area contributed by atoms with Crippen molar-refractivity contribution in [1.29, 1.82) is 0 Å². The Balaban J connectivity index is 0.00000151. The Morgan fingerprint density at radius 2 is 1.68 bits per heavy atom. The first-order valence-corrected chi connectivity index (χ1v) is 8.98. The average Bonchev–Trinajstić information content (AvgIpc) is 2.62. The topological polar surface area (TPSA) is 38.7 Å². The summed E-state index contributed by atoms with van der Waals surface area (Å²) in [6.07, 6.45) is 1.08. The number of benzene rings is 2. The highest BCUT2D eigenvalue weighted by molar-refractivity contribution is 7.74. The molecule has 138 valence electrons. The average molecular weight is 363 g/mol. The van der Waals surface area contributed by atoms with Crippen LogP contribution in [0.15, 0.2) is 54.6 Å². The third kappa shape index (κ3) is 7.95. The molecular formula is C21H30O3S. The lowest BCUT2D eigenvalue weighted by atomic mass is 9.97. The van der Waals surface area contributed by atoms with Gasteiger partial charge in [0.15, 0.2) is 0 Å². The van der Waals surface area contributed by atoms with E-state index in [1.165, 1.54) is 5.56 Å². The van der Waals surface area contributed by atoms with Crippen molar-refractivity contribution in [1.82, 2.24) is 0 Å². The molecule has 0 heterocycles. The Hall–Kier alpha value is -1.49. The van der Waals surface area contributed by atoms with E-state index in [-0.39, 0.29) is 5.60 Å². The van der Waals surface area contributed by atoms with Gasteiger partial charge < -0.3 is 14.0 Å². The van der Waals surface area contributed by atoms with Gasteiger partial charge in [-0.1, -0.05) is 56.3 Å². The van der Waals surface area contributed by atoms with E-state index in [2.05, 4.69) is 64.9 Å². The van der Waals surface area contributed by atoms with E-state index in [0.717, 1.165) is 24.3 Å². The molecule has 0 aromatic heterocycles. The Kier molecular flexibility index (Phi) is 9.65. The van der Waals surface area contributed by atoms with Gasteiger partial charge in [-0.15, -0.1) is 0 Å². The van der Waals surface area contributed by atoms with E-state index in [0.29, 0.717) is 12.5 Å². The molecule has 1 N–H and O–H groups in total. The molecule has 0 spiro atoms. The van der Waals surface area contributed by atoms with Gasteiger partial charge in [-0.25, -0.2) is 0 Å². The molecule has 0 saturated heterocycles. The van der Waals surface area contributed by atoms with Crippen LogP contribution in [0.3, 0.4) is 0 Å². The summed E-state index contributed by atoms with van der Waals surface area (Å²) in [5.74, 6) is 1.54. The quantitative estimate of drug-likeness (QED) is 0.450. The Labute approximate surface area is 157 Å².